The van der Waals surface area contributed by atoms with Crippen molar-refractivity contribution in [3.63, 3.8) is 0 Å². The molecule has 98 valence electrons. The molecule has 0 aromatic rings. The van der Waals surface area contributed by atoms with E-state index in [9.17, 15) is 0 Å². The Kier molecular flexibility index (Phi) is 8.90. The standard InChI is InChI=1S/C13H31N3/c1-7-12(2)13(14-3)11-16(6)10-8-9-15(4)5/h12-14H,7-11H2,1-6H3. The lowest BCUT2D eigenvalue weighted by Crippen LogP contribution is -2.42. The molecule has 3 heteroatoms. The summed E-state index contributed by atoms with van der Waals surface area (Å²) in [6, 6.07) is 0.620. The third-order valence-corrected chi connectivity index (χ3v) is 3.36. The molecule has 1 N–H and O–H groups in total. The van der Waals surface area contributed by atoms with E-state index in [0.29, 0.717) is 6.04 Å². The third kappa shape index (κ3) is 7.20. The van der Waals surface area contributed by atoms with Crippen LogP contribution in [0.5, 0.6) is 0 Å². The van der Waals surface area contributed by atoms with Crippen molar-refractivity contribution >= 4 is 0 Å². The average molecular weight is 229 g/mol. The molecule has 0 aliphatic heterocycles. The lowest BCUT2D eigenvalue weighted by molar-refractivity contribution is 0.241. The maximum absolute atomic E-state index is 3.43. The molecule has 0 radical (unpaired) electrons. The highest BCUT2D eigenvalue weighted by Gasteiger charge is 2.15. The van der Waals surface area contributed by atoms with E-state index in [4.69, 9.17) is 0 Å². The first-order valence-electron chi connectivity index (χ1n) is 6.51. The van der Waals surface area contributed by atoms with Gasteiger partial charge in [0.15, 0.2) is 0 Å². The molecule has 0 heterocycles. The van der Waals surface area contributed by atoms with Crippen LogP contribution in [-0.4, -0.2) is 63.7 Å². The van der Waals surface area contributed by atoms with E-state index < -0.39 is 0 Å². The number of nitrogens with zero attached hydrogens (tertiary/aromatic N) is 2. The Hall–Kier alpha value is -0.120. The van der Waals surface area contributed by atoms with Gasteiger partial charge in [-0.25, -0.2) is 0 Å². The second-order valence-electron chi connectivity index (χ2n) is 5.20. The van der Waals surface area contributed by atoms with Crippen LogP contribution in [0.2, 0.25) is 0 Å². The number of likely N-dealkylation sites (N-methyl/N-ethyl adjacent to an activating group) is 2. The predicted octanol–water partition coefficient (Wildman–Crippen LogP) is 1.50. The minimum atomic E-state index is 0.620. The summed E-state index contributed by atoms with van der Waals surface area (Å²) in [4.78, 5) is 4.69. The molecule has 0 saturated heterocycles. The Morgan fingerprint density at radius 3 is 2.19 bits per heavy atom. The summed E-state index contributed by atoms with van der Waals surface area (Å²) >= 11 is 0. The minimum absolute atomic E-state index is 0.620. The molecule has 0 rings (SSSR count). The smallest absolute Gasteiger partial charge is 0.0217 e. The van der Waals surface area contributed by atoms with Gasteiger partial charge in [-0.15, -0.1) is 0 Å². The van der Waals surface area contributed by atoms with Gasteiger partial charge >= 0.3 is 0 Å². The zero-order valence-corrected chi connectivity index (χ0v) is 12.1. The molecule has 0 spiro atoms. The number of nitrogens with one attached hydrogen (secondary N) is 1. The molecule has 0 bridgehead atoms. The van der Waals surface area contributed by atoms with Crippen LogP contribution in [0.25, 0.3) is 0 Å². The molecule has 0 saturated carbocycles. The third-order valence-electron chi connectivity index (χ3n) is 3.36. The van der Waals surface area contributed by atoms with Crippen LogP contribution in [0.4, 0.5) is 0 Å². The summed E-state index contributed by atoms with van der Waals surface area (Å²) in [5.41, 5.74) is 0. The molecule has 2 unspecified atom stereocenters. The van der Waals surface area contributed by atoms with E-state index in [0.717, 1.165) is 12.5 Å². The van der Waals surface area contributed by atoms with Gasteiger partial charge in [-0.1, -0.05) is 20.3 Å². The summed E-state index contributed by atoms with van der Waals surface area (Å²) in [5.74, 6) is 0.751. The van der Waals surface area contributed by atoms with Crippen LogP contribution < -0.4 is 5.32 Å². The lowest BCUT2D eigenvalue weighted by Gasteiger charge is -2.28. The number of rotatable bonds is 9. The van der Waals surface area contributed by atoms with Crippen LogP contribution in [0.3, 0.4) is 0 Å². The van der Waals surface area contributed by atoms with Crippen molar-refractivity contribution < 1.29 is 0 Å². The monoisotopic (exact) mass is 229 g/mol. The fourth-order valence-electron chi connectivity index (χ4n) is 1.92. The fraction of sp³-hybridized carbons (Fsp3) is 1.00. The second-order valence-corrected chi connectivity index (χ2v) is 5.20. The average Bonchev–Trinajstić information content (AvgIpc) is 2.24. The Morgan fingerprint density at radius 2 is 1.75 bits per heavy atom. The van der Waals surface area contributed by atoms with E-state index in [1.54, 1.807) is 0 Å². The molecule has 0 aliphatic carbocycles. The summed E-state index contributed by atoms with van der Waals surface area (Å²) in [6.45, 7) is 8.11. The Labute approximate surface area is 102 Å². The van der Waals surface area contributed by atoms with E-state index in [-0.39, 0.29) is 0 Å². The lowest BCUT2D eigenvalue weighted by atomic mass is 9.99. The van der Waals surface area contributed by atoms with Crippen LogP contribution in [-0.2, 0) is 0 Å². The topological polar surface area (TPSA) is 18.5 Å². The molecule has 0 aromatic heterocycles. The van der Waals surface area contributed by atoms with Gasteiger partial charge in [0.2, 0.25) is 0 Å². The highest BCUT2D eigenvalue weighted by Crippen LogP contribution is 2.08. The first-order chi connectivity index (χ1) is 7.51. The van der Waals surface area contributed by atoms with Crippen LogP contribution >= 0.6 is 0 Å². The zero-order chi connectivity index (χ0) is 12.6. The van der Waals surface area contributed by atoms with Crippen LogP contribution in [0.15, 0.2) is 0 Å². The van der Waals surface area contributed by atoms with Crippen LogP contribution in [0, 0.1) is 5.92 Å². The van der Waals surface area contributed by atoms with E-state index >= 15 is 0 Å². The van der Waals surface area contributed by atoms with Gasteiger partial charge in [0.25, 0.3) is 0 Å². The van der Waals surface area contributed by atoms with Gasteiger partial charge in [0.1, 0.15) is 0 Å². The summed E-state index contributed by atoms with van der Waals surface area (Å²) in [5, 5.41) is 3.43. The van der Waals surface area contributed by atoms with Crippen molar-refractivity contribution in [2.45, 2.75) is 32.7 Å². The molecule has 0 amide bonds. The Morgan fingerprint density at radius 1 is 1.12 bits per heavy atom. The van der Waals surface area contributed by atoms with Gasteiger partial charge in [-0.05, 0) is 53.6 Å². The zero-order valence-electron chi connectivity index (χ0n) is 12.1. The van der Waals surface area contributed by atoms with Gasteiger partial charge in [0, 0.05) is 12.6 Å². The Balaban J connectivity index is 3.78. The van der Waals surface area contributed by atoms with Gasteiger partial charge in [-0.3, -0.25) is 0 Å². The SMILES string of the molecule is CCC(C)C(CN(C)CCCN(C)C)NC. The molecular weight excluding hydrogens is 198 g/mol. The summed E-state index contributed by atoms with van der Waals surface area (Å²) in [7, 11) is 8.57. The molecule has 2 atom stereocenters. The van der Waals surface area contributed by atoms with Crippen molar-refractivity contribution in [2.75, 3.05) is 47.8 Å². The largest absolute Gasteiger partial charge is 0.315 e. The highest BCUT2D eigenvalue weighted by molar-refractivity contribution is 4.74. The molecule has 0 fully saturated rings. The fourth-order valence-corrected chi connectivity index (χ4v) is 1.92. The predicted molar refractivity (Wildman–Crippen MR) is 73.0 cm³/mol. The first kappa shape index (κ1) is 15.9. The van der Waals surface area contributed by atoms with E-state index in [1.807, 2.05) is 0 Å². The van der Waals surface area contributed by atoms with Crippen LogP contribution in [0.1, 0.15) is 26.7 Å². The Bertz CT molecular complexity index is 159. The molecule has 0 aromatic carbocycles. The van der Waals surface area contributed by atoms with Crippen molar-refractivity contribution in [1.82, 2.24) is 15.1 Å². The highest BCUT2D eigenvalue weighted by atomic mass is 15.1. The van der Waals surface area contributed by atoms with Gasteiger partial charge in [0.05, 0.1) is 0 Å². The van der Waals surface area contributed by atoms with Crippen molar-refractivity contribution in [3.8, 4) is 0 Å². The normalized spacial score (nSPS) is 15.8. The molecular formula is C13H31N3. The number of hydrogen-bond donors (Lipinski definition) is 1. The maximum atomic E-state index is 3.43. The second kappa shape index (κ2) is 8.97. The first-order valence-corrected chi connectivity index (χ1v) is 6.51. The number of hydrogen-bond acceptors (Lipinski definition) is 3. The molecule has 3 nitrogen and oxygen atoms in total. The summed E-state index contributed by atoms with van der Waals surface area (Å²) in [6.07, 6.45) is 2.50. The summed E-state index contributed by atoms with van der Waals surface area (Å²) < 4.78 is 0. The van der Waals surface area contributed by atoms with Gasteiger partial charge in [-0.2, -0.15) is 0 Å². The van der Waals surface area contributed by atoms with E-state index in [2.05, 4.69) is 57.2 Å². The quantitative estimate of drug-likeness (QED) is 0.646. The maximum Gasteiger partial charge on any atom is 0.0217 e. The minimum Gasteiger partial charge on any atom is -0.315 e. The van der Waals surface area contributed by atoms with Crippen molar-refractivity contribution in [2.24, 2.45) is 5.92 Å². The van der Waals surface area contributed by atoms with Crippen molar-refractivity contribution in [3.05, 3.63) is 0 Å². The molecule has 16 heavy (non-hydrogen) atoms. The van der Waals surface area contributed by atoms with E-state index in [1.165, 1.54) is 25.9 Å². The van der Waals surface area contributed by atoms with Gasteiger partial charge < -0.3 is 15.1 Å². The molecule has 0 aliphatic rings. The van der Waals surface area contributed by atoms with Crippen molar-refractivity contribution in [1.29, 1.82) is 0 Å².